The number of amides is 1. The van der Waals surface area contributed by atoms with Gasteiger partial charge >= 0.3 is 0 Å². The van der Waals surface area contributed by atoms with Crippen LogP contribution in [0.1, 0.15) is 16.4 Å². The quantitative estimate of drug-likeness (QED) is 0.481. The van der Waals surface area contributed by atoms with Crippen LogP contribution in [0.25, 0.3) is 27.9 Å². The molecule has 1 aromatic carbocycles. The fraction of sp³-hybridized carbons (Fsp3) is 0.100. The average molecular weight is 405 g/mol. The summed E-state index contributed by atoms with van der Waals surface area (Å²) in [6.07, 6.45) is 0. The zero-order chi connectivity index (χ0) is 19.8. The number of benzene rings is 1. The standard InChI is InChI=1S/C20H15N5O3S/c1-27-15-4-2-3-12-9-16(28-19(12)15)20(26)21-10-18-23-22-17-6-5-14(24-25(17)18)13-7-8-29-11-13/h2-9,11H,10H2,1H3,(H,21,26). The van der Waals surface area contributed by atoms with Crippen LogP contribution >= 0.6 is 11.3 Å². The van der Waals surface area contributed by atoms with Gasteiger partial charge in [0.1, 0.15) is 0 Å². The van der Waals surface area contributed by atoms with Crippen molar-refractivity contribution in [3.63, 3.8) is 0 Å². The number of thiophene rings is 1. The van der Waals surface area contributed by atoms with Gasteiger partial charge in [0.05, 0.1) is 19.3 Å². The molecule has 0 aliphatic carbocycles. The Morgan fingerprint density at radius 3 is 3.00 bits per heavy atom. The van der Waals surface area contributed by atoms with E-state index in [2.05, 4.69) is 20.6 Å². The van der Waals surface area contributed by atoms with Crippen molar-refractivity contribution in [3.05, 3.63) is 64.8 Å². The number of nitrogens with one attached hydrogen (secondary N) is 1. The number of hydrogen-bond acceptors (Lipinski definition) is 7. The maximum absolute atomic E-state index is 12.6. The highest BCUT2D eigenvalue weighted by atomic mass is 32.1. The van der Waals surface area contributed by atoms with Crippen molar-refractivity contribution in [1.82, 2.24) is 25.1 Å². The third-order valence-corrected chi connectivity index (χ3v) is 5.19. The predicted molar refractivity (Wildman–Crippen MR) is 108 cm³/mol. The van der Waals surface area contributed by atoms with Crippen LogP contribution in [-0.2, 0) is 6.54 Å². The van der Waals surface area contributed by atoms with Gasteiger partial charge in [0.15, 0.2) is 28.6 Å². The molecule has 4 heterocycles. The van der Waals surface area contributed by atoms with E-state index in [0.29, 0.717) is 22.8 Å². The number of methoxy groups -OCH3 is 1. The van der Waals surface area contributed by atoms with Crippen molar-refractivity contribution in [2.45, 2.75) is 6.54 Å². The number of carbonyl (C=O) groups is 1. The van der Waals surface area contributed by atoms with Crippen LogP contribution in [0, 0.1) is 0 Å². The molecule has 8 nitrogen and oxygen atoms in total. The number of carbonyl (C=O) groups excluding carboxylic acids is 1. The Labute approximate surface area is 168 Å². The van der Waals surface area contributed by atoms with Gasteiger partial charge in [-0.2, -0.15) is 21.0 Å². The van der Waals surface area contributed by atoms with Crippen LogP contribution < -0.4 is 10.1 Å². The SMILES string of the molecule is COc1cccc2cc(C(=O)NCc3nnc4ccc(-c5ccsc5)nn34)oc12. The molecule has 0 saturated carbocycles. The van der Waals surface area contributed by atoms with E-state index in [-0.39, 0.29) is 18.2 Å². The molecule has 0 atom stereocenters. The van der Waals surface area contributed by atoms with Crippen LogP contribution in [0.15, 0.2) is 57.6 Å². The molecule has 144 valence electrons. The lowest BCUT2D eigenvalue weighted by molar-refractivity contribution is 0.0924. The van der Waals surface area contributed by atoms with Gasteiger partial charge < -0.3 is 14.5 Å². The highest BCUT2D eigenvalue weighted by Crippen LogP contribution is 2.28. The number of para-hydroxylation sites is 1. The van der Waals surface area contributed by atoms with Gasteiger partial charge in [-0.25, -0.2) is 0 Å². The van der Waals surface area contributed by atoms with E-state index in [1.807, 2.05) is 41.1 Å². The molecule has 0 spiro atoms. The molecule has 0 bridgehead atoms. The number of hydrogen-bond donors (Lipinski definition) is 1. The fourth-order valence-electron chi connectivity index (χ4n) is 3.06. The van der Waals surface area contributed by atoms with E-state index >= 15 is 0 Å². The second-order valence-corrected chi connectivity index (χ2v) is 7.07. The van der Waals surface area contributed by atoms with Crippen molar-refractivity contribution in [2.24, 2.45) is 0 Å². The summed E-state index contributed by atoms with van der Waals surface area (Å²) in [5, 5.41) is 20.5. The molecule has 0 aliphatic heterocycles. The third kappa shape index (κ3) is 3.11. The van der Waals surface area contributed by atoms with Crippen molar-refractivity contribution >= 4 is 33.9 Å². The van der Waals surface area contributed by atoms with E-state index in [9.17, 15) is 4.79 Å². The molecule has 5 aromatic rings. The topological polar surface area (TPSA) is 94.5 Å². The molecular formula is C20H15N5O3S. The van der Waals surface area contributed by atoms with E-state index in [1.54, 1.807) is 35.1 Å². The van der Waals surface area contributed by atoms with Crippen LogP contribution in [0.4, 0.5) is 0 Å². The first-order valence-electron chi connectivity index (χ1n) is 8.81. The molecule has 4 aromatic heterocycles. The highest BCUT2D eigenvalue weighted by molar-refractivity contribution is 7.08. The lowest BCUT2D eigenvalue weighted by atomic mass is 10.2. The molecule has 0 fully saturated rings. The van der Waals surface area contributed by atoms with Crippen LogP contribution in [-0.4, -0.2) is 32.8 Å². The fourth-order valence-corrected chi connectivity index (χ4v) is 3.71. The minimum Gasteiger partial charge on any atom is -0.493 e. The maximum Gasteiger partial charge on any atom is 0.287 e. The van der Waals surface area contributed by atoms with Crippen molar-refractivity contribution in [3.8, 4) is 17.0 Å². The van der Waals surface area contributed by atoms with Gasteiger partial charge in [0, 0.05) is 16.3 Å². The Morgan fingerprint density at radius 1 is 1.24 bits per heavy atom. The summed E-state index contributed by atoms with van der Waals surface area (Å²) in [5.74, 6) is 0.952. The minimum absolute atomic E-state index is 0.161. The number of fused-ring (bicyclic) bond motifs is 2. The summed E-state index contributed by atoms with van der Waals surface area (Å²) in [5.41, 5.74) is 2.99. The second-order valence-electron chi connectivity index (χ2n) is 6.29. The minimum atomic E-state index is -0.353. The first-order valence-corrected chi connectivity index (χ1v) is 9.76. The lowest BCUT2D eigenvalue weighted by Gasteiger charge is -2.03. The normalized spacial score (nSPS) is 11.2. The first kappa shape index (κ1) is 17.4. The Bertz CT molecular complexity index is 1320. The largest absolute Gasteiger partial charge is 0.493 e. The van der Waals surface area contributed by atoms with E-state index in [0.717, 1.165) is 16.6 Å². The second kappa shape index (κ2) is 7.02. The Kier molecular flexibility index (Phi) is 4.21. The van der Waals surface area contributed by atoms with E-state index in [4.69, 9.17) is 9.15 Å². The number of rotatable bonds is 5. The smallest absolute Gasteiger partial charge is 0.287 e. The van der Waals surface area contributed by atoms with Crippen LogP contribution in [0.3, 0.4) is 0 Å². The number of aromatic nitrogens is 4. The Morgan fingerprint density at radius 2 is 2.17 bits per heavy atom. The number of furan rings is 1. The molecule has 29 heavy (non-hydrogen) atoms. The Balaban J connectivity index is 1.39. The maximum atomic E-state index is 12.6. The van der Waals surface area contributed by atoms with Gasteiger partial charge in [-0.3, -0.25) is 4.79 Å². The lowest BCUT2D eigenvalue weighted by Crippen LogP contribution is -2.23. The zero-order valence-electron chi connectivity index (χ0n) is 15.3. The summed E-state index contributed by atoms with van der Waals surface area (Å²) in [6.45, 7) is 0.161. The number of nitrogens with zero attached hydrogens (tertiary/aromatic N) is 4. The summed E-state index contributed by atoms with van der Waals surface area (Å²) in [7, 11) is 1.56. The highest BCUT2D eigenvalue weighted by Gasteiger charge is 2.16. The molecule has 1 N–H and O–H groups in total. The molecule has 0 unspecified atom stereocenters. The predicted octanol–water partition coefficient (Wildman–Crippen LogP) is 3.54. The molecule has 5 rings (SSSR count). The zero-order valence-corrected chi connectivity index (χ0v) is 16.1. The van der Waals surface area contributed by atoms with Crippen molar-refractivity contribution in [2.75, 3.05) is 7.11 Å². The number of ether oxygens (including phenoxy) is 1. The van der Waals surface area contributed by atoms with Gasteiger partial charge in [-0.1, -0.05) is 12.1 Å². The van der Waals surface area contributed by atoms with Gasteiger partial charge in [0.25, 0.3) is 5.91 Å². The van der Waals surface area contributed by atoms with Gasteiger partial charge in [-0.05, 0) is 35.7 Å². The monoisotopic (exact) mass is 405 g/mol. The van der Waals surface area contributed by atoms with Gasteiger partial charge in [-0.15, -0.1) is 10.2 Å². The first-order chi connectivity index (χ1) is 14.2. The van der Waals surface area contributed by atoms with Crippen LogP contribution in [0.5, 0.6) is 5.75 Å². The summed E-state index contributed by atoms with van der Waals surface area (Å²) < 4.78 is 12.6. The molecule has 0 radical (unpaired) electrons. The average Bonchev–Trinajstić information content (AvgIpc) is 3.50. The van der Waals surface area contributed by atoms with Gasteiger partial charge in [0.2, 0.25) is 0 Å². The van der Waals surface area contributed by atoms with Crippen molar-refractivity contribution < 1.29 is 13.9 Å². The molecule has 0 aliphatic rings. The summed E-state index contributed by atoms with van der Waals surface area (Å²) in [4.78, 5) is 12.6. The van der Waals surface area contributed by atoms with E-state index < -0.39 is 0 Å². The van der Waals surface area contributed by atoms with E-state index in [1.165, 1.54) is 0 Å². The molecule has 9 heteroatoms. The third-order valence-electron chi connectivity index (χ3n) is 4.50. The molecular weight excluding hydrogens is 390 g/mol. The summed E-state index contributed by atoms with van der Waals surface area (Å²) in [6, 6.07) is 12.9. The Hall–Kier alpha value is -3.72. The molecule has 0 saturated heterocycles. The molecule has 1 amide bonds. The van der Waals surface area contributed by atoms with Crippen molar-refractivity contribution in [1.29, 1.82) is 0 Å². The summed E-state index contributed by atoms with van der Waals surface area (Å²) >= 11 is 1.61. The van der Waals surface area contributed by atoms with Crippen LogP contribution in [0.2, 0.25) is 0 Å².